The number of hydrogen-bond acceptors (Lipinski definition) is 5. The normalized spacial score (nSPS) is 16.0. The number of nitrogens with zero attached hydrogens (tertiary/aromatic N) is 3. The van der Waals surface area contributed by atoms with E-state index in [9.17, 15) is 4.79 Å². The molecule has 1 N–H and O–H groups in total. The molecule has 1 aliphatic heterocycles. The van der Waals surface area contributed by atoms with Crippen LogP contribution in [0.3, 0.4) is 0 Å². The Morgan fingerprint density at radius 1 is 1.12 bits per heavy atom. The molecule has 1 atom stereocenters. The molecule has 0 saturated heterocycles. The number of fused-ring (bicyclic) bond motifs is 1. The molecule has 1 aliphatic rings. The summed E-state index contributed by atoms with van der Waals surface area (Å²) in [4.78, 5) is 17.1. The van der Waals surface area contributed by atoms with Crippen molar-refractivity contribution in [2.24, 2.45) is 0 Å². The fourth-order valence-electron chi connectivity index (χ4n) is 3.10. The minimum atomic E-state index is -0.377. The van der Waals surface area contributed by atoms with Gasteiger partial charge in [0, 0.05) is 5.70 Å². The Bertz CT molecular complexity index is 948. The summed E-state index contributed by atoms with van der Waals surface area (Å²) in [6.07, 6.45) is 1.48. The predicted molar refractivity (Wildman–Crippen MR) is 97.2 cm³/mol. The highest BCUT2D eigenvalue weighted by Crippen LogP contribution is 2.35. The molecule has 0 spiro atoms. The van der Waals surface area contributed by atoms with Crippen molar-refractivity contribution >= 4 is 11.9 Å². The van der Waals surface area contributed by atoms with E-state index in [0.29, 0.717) is 11.5 Å². The fraction of sp³-hybridized carbons (Fsp3) is 0.150. The SMILES string of the molecule is CC1=C(C(=O)OCc2ccccc2)C(c2ccccc2)n2ncnc2N1. The zero-order valence-corrected chi connectivity index (χ0v) is 14.3. The molecule has 0 amide bonds. The van der Waals surface area contributed by atoms with Crippen LogP contribution in [0.4, 0.5) is 5.95 Å². The molecule has 6 heteroatoms. The second kappa shape index (κ2) is 6.84. The van der Waals surface area contributed by atoms with Crippen molar-refractivity contribution < 1.29 is 9.53 Å². The smallest absolute Gasteiger partial charge is 0.338 e. The van der Waals surface area contributed by atoms with Gasteiger partial charge in [-0.3, -0.25) is 0 Å². The lowest BCUT2D eigenvalue weighted by atomic mass is 9.96. The summed E-state index contributed by atoms with van der Waals surface area (Å²) < 4.78 is 7.29. The number of benzene rings is 2. The number of allylic oxidation sites excluding steroid dienone is 1. The van der Waals surface area contributed by atoms with E-state index >= 15 is 0 Å². The Labute approximate surface area is 151 Å². The minimum Gasteiger partial charge on any atom is -0.457 e. The van der Waals surface area contributed by atoms with Gasteiger partial charge in [-0.1, -0.05) is 60.7 Å². The van der Waals surface area contributed by atoms with Gasteiger partial charge in [-0.25, -0.2) is 9.48 Å². The van der Waals surface area contributed by atoms with Crippen LogP contribution in [-0.4, -0.2) is 20.7 Å². The first-order valence-corrected chi connectivity index (χ1v) is 8.37. The molecule has 0 saturated carbocycles. The summed E-state index contributed by atoms with van der Waals surface area (Å²) in [5.41, 5.74) is 3.15. The van der Waals surface area contributed by atoms with E-state index in [-0.39, 0.29) is 18.6 Å². The maximum absolute atomic E-state index is 12.9. The van der Waals surface area contributed by atoms with Crippen LogP contribution < -0.4 is 5.32 Å². The Hall–Kier alpha value is -3.41. The zero-order valence-electron chi connectivity index (χ0n) is 14.3. The van der Waals surface area contributed by atoms with Crippen molar-refractivity contribution in [2.45, 2.75) is 19.6 Å². The van der Waals surface area contributed by atoms with Gasteiger partial charge in [-0.2, -0.15) is 10.1 Å². The monoisotopic (exact) mass is 346 g/mol. The van der Waals surface area contributed by atoms with E-state index in [4.69, 9.17) is 4.74 Å². The summed E-state index contributed by atoms with van der Waals surface area (Å²) in [6.45, 7) is 2.08. The summed E-state index contributed by atoms with van der Waals surface area (Å²) in [5.74, 6) is 0.241. The van der Waals surface area contributed by atoms with Crippen LogP contribution >= 0.6 is 0 Å². The number of nitrogens with one attached hydrogen (secondary N) is 1. The van der Waals surface area contributed by atoms with Crippen LogP contribution in [0, 0.1) is 0 Å². The lowest BCUT2D eigenvalue weighted by molar-refractivity contribution is -0.140. The van der Waals surface area contributed by atoms with Gasteiger partial charge in [0.2, 0.25) is 5.95 Å². The van der Waals surface area contributed by atoms with Gasteiger partial charge in [0.1, 0.15) is 19.0 Å². The first kappa shape index (κ1) is 16.1. The minimum absolute atomic E-state index is 0.224. The fourth-order valence-corrected chi connectivity index (χ4v) is 3.10. The highest BCUT2D eigenvalue weighted by Gasteiger charge is 2.34. The molecule has 0 fully saturated rings. The van der Waals surface area contributed by atoms with Crippen LogP contribution in [0.15, 0.2) is 78.3 Å². The quantitative estimate of drug-likeness (QED) is 0.734. The molecule has 4 rings (SSSR count). The summed E-state index contributed by atoms with van der Waals surface area (Å²) in [6, 6.07) is 19.0. The highest BCUT2D eigenvalue weighted by molar-refractivity contribution is 5.92. The molecular weight excluding hydrogens is 328 g/mol. The number of ether oxygens (including phenoxy) is 1. The van der Waals surface area contributed by atoms with Gasteiger partial charge in [0.05, 0.1) is 5.57 Å². The third kappa shape index (κ3) is 2.97. The van der Waals surface area contributed by atoms with E-state index in [1.807, 2.05) is 67.6 Å². The van der Waals surface area contributed by atoms with Gasteiger partial charge >= 0.3 is 5.97 Å². The van der Waals surface area contributed by atoms with Crippen LogP contribution in [0.1, 0.15) is 24.1 Å². The van der Waals surface area contributed by atoms with E-state index in [0.717, 1.165) is 16.8 Å². The summed E-state index contributed by atoms with van der Waals surface area (Å²) in [7, 11) is 0. The Kier molecular flexibility index (Phi) is 4.23. The van der Waals surface area contributed by atoms with E-state index < -0.39 is 0 Å². The van der Waals surface area contributed by atoms with Crippen LogP contribution in [0.5, 0.6) is 0 Å². The Balaban J connectivity index is 1.67. The Morgan fingerprint density at radius 3 is 2.54 bits per heavy atom. The molecule has 130 valence electrons. The van der Waals surface area contributed by atoms with Crippen molar-refractivity contribution in [1.29, 1.82) is 0 Å². The third-order valence-electron chi connectivity index (χ3n) is 4.34. The number of esters is 1. The van der Waals surface area contributed by atoms with E-state index in [2.05, 4.69) is 15.4 Å². The van der Waals surface area contributed by atoms with Crippen molar-refractivity contribution in [3.05, 3.63) is 89.4 Å². The van der Waals surface area contributed by atoms with Gasteiger partial charge in [0.25, 0.3) is 0 Å². The summed E-state index contributed by atoms with van der Waals surface area (Å²) >= 11 is 0. The molecule has 2 heterocycles. The van der Waals surface area contributed by atoms with Crippen LogP contribution in [-0.2, 0) is 16.1 Å². The second-order valence-corrected chi connectivity index (χ2v) is 6.07. The molecule has 3 aromatic rings. The topological polar surface area (TPSA) is 69.0 Å². The maximum Gasteiger partial charge on any atom is 0.338 e. The second-order valence-electron chi connectivity index (χ2n) is 6.07. The highest BCUT2D eigenvalue weighted by atomic mass is 16.5. The van der Waals surface area contributed by atoms with Gasteiger partial charge in [-0.05, 0) is 18.1 Å². The number of carbonyl (C=O) groups excluding carboxylic acids is 1. The molecule has 2 aromatic carbocycles. The lowest BCUT2D eigenvalue weighted by Crippen LogP contribution is -2.29. The van der Waals surface area contributed by atoms with Crippen molar-refractivity contribution in [2.75, 3.05) is 5.32 Å². The number of carbonyl (C=O) groups is 1. The number of aromatic nitrogens is 3. The average Bonchev–Trinajstić information content (AvgIpc) is 3.14. The first-order chi connectivity index (χ1) is 12.7. The van der Waals surface area contributed by atoms with E-state index in [1.54, 1.807) is 4.68 Å². The van der Waals surface area contributed by atoms with Gasteiger partial charge in [0.15, 0.2) is 0 Å². The van der Waals surface area contributed by atoms with Gasteiger partial charge in [-0.15, -0.1) is 0 Å². The van der Waals surface area contributed by atoms with E-state index in [1.165, 1.54) is 6.33 Å². The molecule has 0 bridgehead atoms. The average molecular weight is 346 g/mol. The first-order valence-electron chi connectivity index (χ1n) is 8.37. The molecular formula is C20H18N4O2. The molecule has 0 radical (unpaired) electrons. The van der Waals surface area contributed by atoms with Crippen molar-refractivity contribution in [1.82, 2.24) is 14.8 Å². The largest absolute Gasteiger partial charge is 0.457 e. The molecule has 0 aliphatic carbocycles. The predicted octanol–water partition coefficient (Wildman–Crippen LogP) is 3.31. The van der Waals surface area contributed by atoms with Crippen LogP contribution in [0.2, 0.25) is 0 Å². The van der Waals surface area contributed by atoms with Gasteiger partial charge < -0.3 is 10.1 Å². The number of hydrogen-bond donors (Lipinski definition) is 1. The lowest BCUT2D eigenvalue weighted by Gasteiger charge is -2.28. The Morgan fingerprint density at radius 2 is 1.81 bits per heavy atom. The molecule has 6 nitrogen and oxygen atoms in total. The zero-order chi connectivity index (χ0) is 17.9. The molecule has 1 unspecified atom stereocenters. The molecule has 1 aromatic heterocycles. The summed E-state index contributed by atoms with van der Waals surface area (Å²) in [5, 5.41) is 7.44. The number of anilines is 1. The number of rotatable bonds is 4. The standard InChI is InChI=1S/C20H18N4O2/c1-14-17(19(25)26-12-15-8-4-2-5-9-15)18(16-10-6-3-7-11-16)24-20(23-14)21-13-22-24/h2-11,13,18H,12H2,1H3,(H,21,22,23). The maximum atomic E-state index is 12.9. The molecule has 26 heavy (non-hydrogen) atoms. The van der Waals surface area contributed by atoms with Crippen LogP contribution in [0.25, 0.3) is 0 Å². The third-order valence-corrected chi connectivity index (χ3v) is 4.34. The van der Waals surface area contributed by atoms with Crippen molar-refractivity contribution in [3.63, 3.8) is 0 Å². The van der Waals surface area contributed by atoms with Crippen molar-refractivity contribution in [3.8, 4) is 0 Å².